The van der Waals surface area contributed by atoms with E-state index in [1.807, 2.05) is 24.3 Å². The molecular weight excluding hydrogens is 388 g/mol. The third-order valence-corrected chi connectivity index (χ3v) is 6.29. The zero-order valence-corrected chi connectivity index (χ0v) is 18.7. The first-order valence-electron chi connectivity index (χ1n) is 11.4. The van der Waals surface area contributed by atoms with Crippen LogP contribution in [0.1, 0.15) is 25.3 Å². The topological polar surface area (TPSA) is 48.0 Å². The van der Waals surface area contributed by atoms with Crippen LogP contribution in [-0.4, -0.2) is 68.1 Å². The zero-order chi connectivity index (χ0) is 21.6. The molecule has 1 amide bonds. The van der Waals surface area contributed by atoms with Crippen LogP contribution >= 0.6 is 0 Å². The highest BCUT2D eigenvalue weighted by atomic mass is 16.5. The van der Waals surface area contributed by atoms with Gasteiger partial charge in [-0.25, -0.2) is 0 Å². The molecule has 1 N–H and O–H groups in total. The summed E-state index contributed by atoms with van der Waals surface area (Å²) in [6.45, 7) is 8.87. The number of methoxy groups -OCH3 is 1. The minimum absolute atomic E-state index is 0.0460. The molecule has 2 aliphatic rings. The highest BCUT2D eigenvalue weighted by Gasteiger charge is 2.30. The van der Waals surface area contributed by atoms with Crippen LogP contribution in [0.5, 0.6) is 5.75 Å². The summed E-state index contributed by atoms with van der Waals surface area (Å²) in [7, 11) is 1.68. The lowest BCUT2D eigenvalue weighted by atomic mass is 10.2. The predicted octanol–water partition coefficient (Wildman–Crippen LogP) is 3.44. The van der Waals surface area contributed by atoms with Crippen LogP contribution in [0.15, 0.2) is 48.5 Å². The molecule has 0 bridgehead atoms. The van der Waals surface area contributed by atoms with E-state index in [4.69, 9.17) is 4.74 Å². The number of rotatable bonds is 9. The second-order valence-corrected chi connectivity index (χ2v) is 8.50. The van der Waals surface area contributed by atoms with Gasteiger partial charge in [0, 0.05) is 50.1 Å². The first-order chi connectivity index (χ1) is 15.1. The van der Waals surface area contributed by atoms with E-state index in [1.54, 1.807) is 7.11 Å². The highest BCUT2D eigenvalue weighted by Crippen LogP contribution is 2.28. The summed E-state index contributed by atoms with van der Waals surface area (Å²) < 4.78 is 5.24. The second-order valence-electron chi connectivity index (χ2n) is 8.50. The van der Waals surface area contributed by atoms with Gasteiger partial charge in [0.2, 0.25) is 5.91 Å². The Balaban J connectivity index is 1.29. The molecule has 1 saturated heterocycles. The molecule has 1 saturated carbocycles. The number of likely N-dealkylation sites (N-methyl/N-ethyl adjacent to an activating group) is 1. The third-order valence-electron chi connectivity index (χ3n) is 6.29. The van der Waals surface area contributed by atoms with Gasteiger partial charge in [0.05, 0.1) is 13.7 Å². The maximum absolute atomic E-state index is 12.7. The molecule has 2 aromatic carbocycles. The fourth-order valence-corrected chi connectivity index (χ4v) is 4.18. The van der Waals surface area contributed by atoms with Crippen molar-refractivity contribution >= 4 is 17.3 Å². The molecule has 0 unspecified atom stereocenters. The average molecular weight is 423 g/mol. The van der Waals surface area contributed by atoms with Crippen LogP contribution in [-0.2, 0) is 11.3 Å². The molecule has 1 heterocycles. The normalized spacial score (nSPS) is 17.1. The van der Waals surface area contributed by atoms with Gasteiger partial charge in [-0.3, -0.25) is 9.69 Å². The average Bonchev–Trinajstić information content (AvgIpc) is 3.65. The summed E-state index contributed by atoms with van der Waals surface area (Å²) in [5.41, 5.74) is 3.29. The standard InChI is InChI=1S/C25H34N4O2/c1-3-27-14-16-28(17-15-27)22-8-6-21(7-9-22)26-25(30)19-29(23-10-11-23)18-20-4-12-24(31-2)13-5-20/h4-9,12-13,23H,3,10-11,14-19H2,1-2H3,(H,26,30). The fourth-order valence-electron chi connectivity index (χ4n) is 4.18. The van der Waals surface area contributed by atoms with E-state index in [9.17, 15) is 4.79 Å². The molecule has 1 aliphatic carbocycles. The summed E-state index contributed by atoms with van der Waals surface area (Å²) in [5.74, 6) is 0.903. The Hall–Kier alpha value is -2.57. The first kappa shape index (κ1) is 21.7. The number of carbonyl (C=O) groups excluding carboxylic acids is 1. The highest BCUT2D eigenvalue weighted by molar-refractivity contribution is 5.92. The van der Waals surface area contributed by atoms with Gasteiger partial charge in [0.15, 0.2) is 0 Å². The van der Waals surface area contributed by atoms with Crippen molar-refractivity contribution in [2.75, 3.05) is 56.6 Å². The van der Waals surface area contributed by atoms with Crippen LogP contribution in [0, 0.1) is 0 Å². The Kier molecular flexibility index (Phi) is 7.10. The molecule has 166 valence electrons. The van der Waals surface area contributed by atoms with E-state index in [2.05, 4.69) is 51.2 Å². The van der Waals surface area contributed by atoms with Crippen molar-refractivity contribution in [3.8, 4) is 5.75 Å². The summed E-state index contributed by atoms with van der Waals surface area (Å²) in [6, 6.07) is 16.9. The maximum Gasteiger partial charge on any atom is 0.238 e. The number of nitrogens with one attached hydrogen (secondary N) is 1. The van der Waals surface area contributed by atoms with Gasteiger partial charge < -0.3 is 19.9 Å². The number of carbonyl (C=O) groups is 1. The molecule has 4 rings (SSSR count). The monoisotopic (exact) mass is 422 g/mol. The minimum Gasteiger partial charge on any atom is -0.497 e. The number of anilines is 2. The lowest BCUT2D eigenvalue weighted by Crippen LogP contribution is -2.46. The lowest BCUT2D eigenvalue weighted by Gasteiger charge is -2.35. The van der Waals surface area contributed by atoms with Crippen molar-refractivity contribution in [3.63, 3.8) is 0 Å². The fraction of sp³-hybridized carbons (Fsp3) is 0.480. The van der Waals surface area contributed by atoms with Crippen LogP contribution in [0.3, 0.4) is 0 Å². The second kappa shape index (κ2) is 10.2. The molecule has 2 fully saturated rings. The Bertz CT molecular complexity index is 841. The van der Waals surface area contributed by atoms with Crippen LogP contribution < -0.4 is 15.0 Å². The van der Waals surface area contributed by atoms with Gasteiger partial charge in [-0.1, -0.05) is 19.1 Å². The van der Waals surface area contributed by atoms with Crippen molar-refractivity contribution in [2.24, 2.45) is 0 Å². The van der Waals surface area contributed by atoms with Crippen molar-refractivity contribution in [3.05, 3.63) is 54.1 Å². The van der Waals surface area contributed by atoms with Gasteiger partial charge in [-0.15, -0.1) is 0 Å². The van der Waals surface area contributed by atoms with E-state index in [0.717, 1.165) is 50.7 Å². The Morgan fingerprint density at radius 1 is 1.03 bits per heavy atom. The minimum atomic E-state index is 0.0460. The number of ether oxygens (including phenoxy) is 1. The number of benzene rings is 2. The van der Waals surface area contributed by atoms with E-state index in [1.165, 1.54) is 24.1 Å². The quantitative estimate of drug-likeness (QED) is 0.671. The SMILES string of the molecule is CCN1CCN(c2ccc(NC(=O)CN(Cc3ccc(OC)cc3)C3CC3)cc2)CC1. The van der Waals surface area contributed by atoms with E-state index in [0.29, 0.717) is 12.6 Å². The van der Waals surface area contributed by atoms with Gasteiger partial charge in [-0.05, 0) is 61.3 Å². The number of hydrogen-bond donors (Lipinski definition) is 1. The largest absolute Gasteiger partial charge is 0.497 e. The predicted molar refractivity (Wildman–Crippen MR) is 126 cm³/mol. The molecule has 6 heteroatoms. The molecule has 31 heavy (non-hydrogen) atoms. The van der Waals surface area contributed by atoms with Gasteiger partial charge in [0.1, 0.15) is 5.75 Å². The van der Waals surface area contributed by atoms with Gasteiger partial charge in [-0.2, -0.15) is 0 Å². The molecule has 0 spiro atoms. The van der Waals surface area contributed by atoms with Crippen molar-refractivity contribution < 1.29 is 9.53 Å². The van der Waals surface area contributed by atoms with Crippen molar-refractivity contribution in [1.82, 2.24) is 9.80 Å². The first-order valence-corrected chi connectivity index (χ1v) is 11.4. The number of piperazine rings is 1. The Morgan fingerprint density at radius 3 is 2.29 bits per heavy atom. The molecule has 2 aromatic rings. The number of nitrogens with zero attached hydrogens (tertiary/aromatic N) is 3. The molecular formula is C25H34N4O2. The summed E-state index contributed by atoms with van der Waals surface area (Å²) in [4.78, 5) is 19.9. The number of hydrogen-bond acceptors (Lipinski definition) is 5. The van der Waals surface area contributed by atoms with Crippen molar-refractivity contribution in [1.29, 1.82) is 0 Å². The zero-order valence-electron chi connectivity index (χ0n) is 18.7. The molecule has 0 atom stereocenters. The van der Waals surface area contributed by atoms with E-state index < -0.39 is 0 Å². The lowest BCUT2D eigenvalue weighted by molar-refractivity contribution is -0.117. The molecule has 6 nitrogen and oxygen atoms in total. The molecule has 1 aliphatic heterocycles. The van der Waals surface area contributed by atoms with E-state index >= 15 is 0 Å². The summed E-state index contributed by atoms with van der Waals surface area (Å²) >= 11 is 0. The van der Waals surface area contributed by atoms with Crippen molar-refractivity contribution in [2.45, 2.75) is 32.4 Å². The third kappa shape index (κ3) is 5.99. The number of amides is 1. The Labute approximate surface area is 185 Å². The van der Waals surface area contributed by atoms with Crippen LogP contribution in [0.25, 0.3) is 0 Å². The summed E-state index contributed by atoms with van der Waals surface area (Å²) in [6.07, 6.45) is 2.34. The van der Waals surface area contributed by atoms with Gasteiger partial charge >= 0.3 is 0 Å². The smallest absolute Gasteiger partial charge is 0.238 e. The summed E-state index contributed by atoms with van der Waals surface area (Å²) in [5, 5.41) is 3.08. The Morgan fingerprint density at radius 2 is 1.71 bits per heavy atom. The molecule has 0 aromatic heterocycles. The van der Waals surface area contributed by atoms with Crippen LogP contribution in [0.4, 0.5) is 11.4 Å². The van der Waals surface area contributed by atoms with E-state index in [-0.39, 0.29) is 5.91 Å². The van der Waals surface area contributed by atoms with Crippen LogP contribution in [0.2, 0.25) is 0 Å². The molecule has 0 radical (unpaired) electrons. The maximum atomic E-state index is 12.7. The van der Waals surface area contributed by atoms with Gasteiger partial charge in [0.25, 0.3) is 0 Å².